The second-order valence-corrected chi connectivity index (χ2v) is 7.25. The second kappa shape index (κ2) is 11.2. The fourth-order valence-corrected chi connectivity index (χ4v) is 2.23. The summed E-state index contributed by atoms with van der Waals surface area (Å²) >= 11 is 0. The zero-order valence-corrected chi connectivity index (χ0v) is 16.7. The highest BCUT2D eigenvalue weighted by atomic mass is 16.4. The van der Waals surface area contributed by atoms with Crippen LogP contribution in [0, 0.1) is 11.8 Å². The van der Waals surface area contributed by atoms with Crippen LogP contribution in [0.25, 0.3) is 0 Å². The summed E-state index contributed by atoms with van der Waals surface area (Å²) < 4.78 is 0. The van der Waals surface area contributed by atoms with Crippen molar-refractivity contribution in [2.45, 2.75) is 65.2 Å². The van der Waals surface area contributed by atoms with E-state index < -0.39 is 66.2 Å². The molecule has 0 bridgehead atoms. The smallest absolute Gasteiger partial charge is 0.326 e. The van der Waals surface area contributed by atoms with Crippen LogP contribution in [0.5, 0.6) is 0 Å². The van der Waals surface area contributed by atoms with E-state index in [9.17, 15) is 24.0 Å². The van der Waals surface area contributed by atoms with Crippen LogP contribution in [0.2, 0.25) is 0 Å². The molecule has 0 aliphatic rings. The van der Waals surface area contributed by atoms with Gasteiger partial charge in [0.25, 0.3) is 0 Å². The third kappa shape index (κ3) is 8.33. The van der Waals surface area contributed by atoms with E-state index in [0.717, 1.165) is 0 Å². The molecule has 0 saturated heterocycles. The molecule has 4 atom stereocenters. The van der Waals surface area contributed by atoms with Crippen LogP contribution in [-0.4, -0.2) is 64.0 Å². The predicted molar refractivity (Wildman–Crippen MR) is 99.0 cm³/mol. The van der Waals surface area contributed by atoms with Gasteiger partial charge in [0.2, 0.25) is 17.7 Å². The van der Waals surface area contributed by atoms with E-state index in [1.54, 1.807) is 27.7 Å². The first kappa shape index (κ1) is 25.3. The fourth-order valence-electron chi connectivity index (χ4n) is 2.23. The highest BCUT2D eigenvalue weighted by Gasteiger charge is 2.33. The highest BCUT2D eigenvalue weighted by Crippen LogP contribution is 2.08. The number of carboxylic acid groups (broad SMARTS) is 2. The summed E-state index contributed by atoms with van der Waals surface area (Å²) in [6.07, 6.45) is -0.807. The Hall–Kier alpha value is -2.69. The Kier molecular flexibility index (Phi) is 10.1. The lowest BCUT2D eigenvalue weighted by Gasteiger charge is -2.28. The number of hydrogen-bond donors (Lipinski definition) is 6. The lowest BCUT2D eigenvalue weighted by atomic mass is 9.99. The first-order valence-electron chi connectivity index (χ1n) is 8.89. The zero-order valence-electron chi connectivity index (χ0n) is 16.7. The molecule has 28 heavy (non-hydrogen) atoms. The SMILES string of the molecule is CC(N)C(=O)NC(C(=O)NC(C(=O)NC(CC(=O)O)C(=O)O)C(C)C)C(C)C. The highest BCUT2D eigenvalue weighted by molar-refractivity contribution is 5.94. The van der Waals surface area contributed by atoms with E-state index in [-0.39, 0.29) is 5.92 Å². The van der Waals surface area contributed by atoms with Gasteiger partial charge in [0.05, 0.1) is 12.5 Å². The number of nitrogens with one attached hydrogen (secondary N) is 3. The van der Waals surface area contributed by atoms with Gasteiger partial charge in [-0.1, -0.05) is 27.7 Å². The van der Waals surface area contributed by atoms with Crippen molar-refractivity contribution in [2.75, 3.05) is 0 Å². The number of hydrogen-bond acceptors (Lipinski definition) is 6. The fraction of sp³-hybridized carbons (Fsp3) is 0.706. The Labute approximate surface area is 163 Å². The minimum atomic E-state index is -1.64. The van der Waals surface area contributed by atoms with Crippen molar-refractivity contribution >= 4 is 29.7 Å². The Bertz CT molecular complexity index is 604. The minimum Gasteiger partial charge on any atom is -0.481 e. The van der Waals surface area contributed by atoms with E-state index in [1.807, 2.05) is 0 Å². The summed E-state index contributed by atoms with van der Waals surface area (Å²) in [4.78, 5) is 58.8. The maximum Gasteiger partial charge on any atom is 0.326 e. The zero-order chi connectivity index (χ0) is 22.2. The van der Waals surface area contributed by atoms with Crippen LogP contribution in [-0.2, 0) is 24.0 Å². The van der Waals surface area contributed by atoms with Gasteiger partial charge in [0.1, 0.15) is 18.1 Å². The second-order valence-electron chi connectivity index (χ2n) is 7.25. The van der Waals surface area contributed by atoms with Crippen LogP contribution in [0.15, 0.2) is 0 Å². The third-order valence-electron chi connectivity index (χ3n) is 3.90. The molecule has 3 amide bonds. The summed E-state index contributed by atoms with van der Waals surface area (Å²) in [7, 11) is 0. The normalized spacial score (nSPS) is 15.3. The quantitative estimate of drug-likeness (QED) is 0.245. The van der Waals surface area contributed by atoms with Gasteiger partial charge >= 0.3 is 11.9 Å². The lowest BCUT2D eigenvalue weighted by molar-refractivity contribution is -0.147. The number of carbonyl (C=O) groups excluding carboxylic acids is 3. The van der Waals surface area contributed by atoms with Crippen LogP contribution in [0.4, 0.5) is 0 Å². The van der Waals surface area contributed by atoms with Gasteiger partial charge in [-0.3, -0.25) is 19.2 Å². The van der Waals surface area contributed by atoms with Crippen molar-refractivity contribution in [1.29, 1.82) is 0 Å². The molecule has 0 aliphatic carbocycles. The van der Waals surface area contributed by atoms with E-state index in [1.165, 1.54) is 6.92 Å². The van der Waals surface area contributed by atoms with E-state index in [2.05, 4.69) is 16.0 Å². The number of carbonyl (C=O) groups is 5. The summed E-state index contributed by atoms with van der Waals surface area (Å²) in [5.74, 6) is -5.64. The van der Waals surface area contributed by atoms with Gasteiger partial charge < -0.3 is 31.9 Å². The number of aliphatic carboxylic acids is 2. The van der Waals surface area contributed by atoms with E-state index in [4.69, 9.17) is 15.9 Å². The average Bonchev–Trinajstić information content (AvgIpc) is 2.54. The van der Waals surface area contributed by atoms with Crippen LogP contribution >= 0.6 is 0 Å². The molecule has 0 aromatic heterocycles. The molecule has 4 unspecified atom stereocenters. The number of rotatable bonds is 11. The molecule has 0 radical (unpaired) electrons. The molecule has 0 aromatic carbocycles. The molecule has 0 aliphatic heterocycles. The van der Waals surface area contributed by atoms with Crippen LogP contribution < -0.4 is 21.7 Å². The molecular formula is C17H30N4O7. The van der Waals surface area contributed by atoms with E-state index in [0.29, 0.717) is 0 Å². The van der Waals surface area contributed by atoms with Crippen LogP contribution in [0.3, 0.4) is 0 Å². The van der Waals surface area contributed by atoms with E-state index >= 15 is 0 Å². The van der Waals surface area contributed by atoms with Crippen molar-refractivity contribution in [2.24, 2.45) is 17.6 Å². The number of nitrogens with two attached hydrogens (primary N) is 1. The Balaban J connectivity index is 5.32. The maximum absolute atomic E-state index is 12.6. The minimum absolute atomic E-state index is 0.308. The average molecular weight is 402 g/mol. The first-order valence-corrected chi connectivity index (χ1v) is 8.89. The lowest BCUT2D eigenvalue weighted by Crippen LogP contribution is -2.59. The molecule has 0 heterocycles. The van der Waals surface area contributed by atoms with Gasteiger partial charge in [-0.2, -0.15) is 0 Å². The maximum atomic E-state index is 12.6. The standard InChI is InChI=1S/C17H30N4O7/c1-7(2)12(15(25)19-10(17(27)28)6-11(22)23)21-16(26)13(8(3)4)20-14(24)9(5)18/h7-10,12-13H,6,18H2,1-5H3,(H,19,25)(H,20,24)(H,21,26)(H,22,23)(H,27,28). The van der Waals surface area contributed by atoms with Gasteiger partial charge in [0.15, 0.2) is 0 Å². The molecule has 160 valence electrons. The molecule has 0 spiro atoms. The number of amides is 3. The van der Waals surface area contributed by atoms with Crippen molar-refractivity contribution in [1.82, 2.24) is 16.0 Å². The molecule has 0 saturated carbocycles. The molecule has 7 N–H and O–H groups in total. The molecule has 11 nitrogen and oxygen atoms in total. The van der Waals surface area contributed by atoms with Gasteiger partial charge in [-0.05, 0) is 18.8 Å². The first-order chi connectivity index (χ1) is 12.8. The largest absolute Gasteiger partial charge is 0.481 e. The molecule has 0 aromatic rings. The van der Waals surface area contributed by atoms with Crippen molar-refractivity contribution in [3.63, 3.8) is 0 Å². The Morgan fingerprint density at radius 1 is 0.750 bits per heavy atom. The molecular weight excluding hydrogens is 372 g/mol. The summed E-state index contributed by atoms with van der Waals surface area (Å²) in [6.45, 7) is 8.11. The number of carboxylic acids is 2. The summed E-state index contributed by atoms with van der Waals surface area (Å²) in [6, 6.07) is -4.55. The van der Waals surface area contributed by atoms with Crippen LogP contribution in [0.1, 0.15) is 41.0 Å². The Morgan fingerprint density at radius 3 is 1.46 bits per heavy atom. The van der Waals surface area contributed by atoms with Gasteiger partial charge in [0, 0.05) is 0 Å². The molecule has 11 heteroatoms. The van der Waals surface area contributed by atoms with Crippen molar-refractivity contribution in [3.8, 4) is 0 Å². The van der Waals surface area contributed by atoms with Gasteiger partial charge in [-0.25, -0.2) is 4.79 Å². The summed E-state index contributed by atoms with van der Waals surface area (Å²) in [5.41, 5.74) is 5.49. The monoisotopic (exact) mass is 402 g/mol. The topological polar surface area (TPSA) is 188 Å². The molecule has 0 rings (SSSR count). The Morgan fingerprint density at radius 2 is 1.14 bits per heavy atom. The van der Waals surface area contributed by atoms with Gasteiger partial charge in [-0.15, -0.1) is 0 Å². The van der Waals surface area contributed by atoms with Crippen molar-refractivity contribution < 1.29 is 34.2 Å². The predicted octanol–water partition coefficient (Wildman–Crippen LogP) is -1.34. The summed E-state index contributed by atoms with van der Waals surface area (Å²) in [5, 5.41) is 24.9. The van der Waals surface area contributed by atoms with Crippen molar-refractivity contribution in [3.05, 3.63) is 0 Å². The molecule has 0 fully saturated rings. The third-order valence-corrected chi connectivity index (χ3v) is 3.90.